The quantitative estimate of drug-likeness (QED) is 0.497. The van der Waals surface area contributed by atoms with Gasteiger partial charge in [-0.05, 0) is 28.7 Å². The maximum Gasteiger partial charge on any atom is 0.336 e. The van der Waals surface area contributed by atoms with Gasteiger partial charge in [0.15, 0.2) is 0 Å². The van der Waals surface area contributed by atoms with Crippen molar-refractivity contribution in [2.75, 3.05) is 0 Å². The molecule has 0 aliphatic rings. The molecule has 1 N–H and O–H groups in total. The minimum atomic E-state index is -1.19. The molecule has 0 saturated heterocycles. The van der Waals surface area contributed by atoms with Gasteiger partial charge < -0.3 is 5.11 Å². The van der Waals surface area contributed by atoms with Crippen LogP contribution in [0.5, 0.6) is 0 Å². The number of carboxylic acids is 1. The number of benzene rings is 2. The number of non-ortho nitro benzene ring substituents is 1. The topological polar surface area (TPSA) is 80.4 Å². The Bertz CT molecular complexity index is 761. The second-order valence-corrected chi connectivity index (χ2v) is 5.49. The molecule has 0 spiro atoms. The van der Waals surface area contributed by atoms with Gasteiger partial charge in [-0.15, -0.1) is 0 Å². The highest BCUT2D eigenvalue weighted by Gasteiger charge is 2.14. The predicted octanol–water partition coefficient (Wildman–Crippen LogP) is 4.59. The van der Waals surface area contributed by atoms with Crippen LogP contribution in [0.3, 0.4) is 0 Å². The van der Waals surface area contributed by atoms with Crippen LogP contribution < -0.4 is 0 Å². The summed E-state index contributed by atoms with van der Waals surface area (Å²) in [5.41, 5.74) is 2.26. The molecule has 0 aliphatic carbocycles. The summed E-state index contributed by atoms with van der Waals surface area (Å²) in [7, 11) is 0. The molecular formula is C18H17NO4. The van der Waals surface area contributed by atoms with Gasteiger partial charge in [0.25, 0.3) is 5.69 Å². The summed E-state index contributed by atoms with van der Waals surface area (Å²) < 4.78 is 0. The highest BCUT2D eigenvalue weighted by molar-refractivity contribution is 5.94. The van der Waals surface area contributed by atoms with Crippen LogP contribution in [0.4, 0.5) is 5.69 Å². The van der Waals surface area contributed by atoms with E-state index in [1.54, 1.807) is 12.2 Å². The van der Waals surface area contributed by atoms with E-state index in [0.717, 1.165) is 11.6 Å². The van der Waals surface area contributed by atoms with Crippen molar-refractivity contribution in [2.24, 2.45) is 0 Å². The normalized spacial score (nSPS) is 11.1. The lowest BCUT2D eigenvalue weighted by atomic mass is 10.0. The number of rotatable bonds is 5. The van der Waals surface area contributed by atoms with Crippen LogP contribution in [0.25, 0.3) is 12.2 Å². The molecule has 0 heterocycles. The fourth-order valence-electron chi connectivity index (χ4n) is 2.17. The predicted molar refractivity (Wildman–Crippen MR) is 89.5 cm³/mol. The minimum Gasteiger partial charge on any atom is -0.478 e. The second kappa shape index (κ2) is 6.87. The number of hydrogen-bond acceptors (Lipinski definition) is 3. The van der Waals surface area contributed by atoms with Gasteiger partial charge in [0, 0.05) is 12.1 Å². The summed E-state index contributed by atoms with van der Waals surface area (Å²) in [5, 5.41) is 20.0. The Hall–Kier alpha value is -2.95. The van der Waals surface area contributed by atoms with E-state index in [9.17, 15) is 20.0 Å². The largest absolute Gasteiger partial charge is 0.478 e. The fraction of sp³-hybridized carbons (Fsp3) is 0.167. The zero-order valence-corrected chi connectivity index (χ0v) is 12.9. The van der Waals surface area contributed by atoms with Gasteiger partial charge >= 0.3 is 5.97 Å². The van der Waals surface area contributed by atoms with Crippen molar-refractivity contribution in [3.8, 4) is 0 Å². The summed E-state index contributed by atoms with van der Waals surface area (Å²) in [4.78, 5) is 21.4. The van der Waals surface area contributed by atoms with Crippen molar-refractivity contribution in [3.05, 3.63) is 74.8 Å². The van der Waals surface area contributed by atoms with Crippen LogP contribution in [0, 0.1) is 10.1 Å². The molecule has 118 valence electrons. The molecule has 23 heavy (non-hydrogen) atoms. The molecule has 5 nitrogen and oxygen atoms in total. The molecule has 0 atom stereocenters. The first-order valence-electron chi connectivity index (χ1n) is 7.18. The molecule has 2 aromatic rings. The van der Waals surface area contributed by atoms with Crippen molar-refractivity contribution in [3.63, 3.8) is 0 Å². The molecule has 0 bridgehead atoms. The smallest absolute Gasteiger partial charge is 0.336 e. The van der Waals surface area contributed by atoms with E-state index < -0.39 is 10.9 Å². The second-order valence-electron chi connectivity index (χ2n) is 5.49. The van der Waals surface area contributed by atoms with Crippen LogP contribution in [0.2, 0.25) is 0 Å². The van der Waals surface area contributed by atoms with Crippen LogP contribution in [-0.4, -0.2) is 16.0 Å². The average molecular weight is 311 g/mol. The van der Waals surface area contributed by atoms with Gasteiger partial charge in [-0.2, -0.15) is 0 Å². The van der Waals surface area contributed by atoms with Crippen molar-refractivity contribution >= 4 is 23.8 Å². The molecule has 0 aromatic heterocycles. The Morgan fingerprint density at radius 3 is 2.30 bits per heavy atom. The average Bonchev–Trinajstić information content (AvgIpc) is 2.52. The van der Waals surface area contributed by atoms with Crippen molar-refractivity contribution in [2.45, 2.75) is 19.8 Å². The Morgan fingerprint density at radius 1 is 1.13 bits per heavy atom. The van der Waals surface area contributed by atoms with Crippen LogP contribution in [0.1, 0.15) is 46.8 Å². The molecule has 0 fully saturated rings. The summed E-state index contributed by atoms with van der Waals surface area (Å²) in [6.07, 6.45) is 3.44. The van der Waals surface area contributed by atoms with E-state index in [-0.39, 0.29) is 11.3 Å². The number of nitro groups is 1. The van der Waals surface area contributed by atoms with Gasteiger partial charge in [-0.3, -0.25) is 10.1 Å². The minimum absolute atomic E-state index is 0.0887. The Morgan fingerprint density at radius 2 is 1.78 bits per heavy atom. The van der Waals surface area contributed by atoms with E-state index in [1.807, 2.05) is 24.3 Å². The monoisotopic (exact) mass is 311 g/mol. The molecule has 0 amide bonds. The third-order valence-corrected chi connectivity index (χ3v) is 3.54. The van der Waals surface area contributed by atoms with Crippen LogP contribution in [0.15, 0.2) is 42.5 Å². The fourth-order valence-corrected chi connectivity index (χ4v) is 2.17. The summed E-state index contributed by atoms with van der Waals surface area (Å²) in [6.45, 7) is 4.22. The molecule has 0 radical (unpaired) electrons. The van der Waals surface area contributed by atoms with E-state index in [0.29, 0.717) is 11.5 Å². The van der Waals surface area contributed by atoms with E-state index in [1.165, 1.54) is 17.7 Å². The van der Waals surface area contributed by atoms with Crippen LogP contribution >= 0.6 is 0 Å². The number of carbonyl (C=O) groups is 1. The molecule has 2 aromatic carbocycles. The zero-order chi connectivity index (χ0) is 17.0. The van der Waals surface area contributed by atoms with E-state index in [4.69, 9.17) is 0 Å². The highest BCUT2D eigenvalue weighted by atomic mass is 16.6. The number of hydrogen-bond donors (Lipinski definition) is 1. The third-order valence-electron chi connectivity index (χ3n) is 3.54. The van der Waals surface area contributed by atoms with Gasteiger partial charge in [-0.25, -0.2) is 4.79 Å². The van der Waals surface area contributed by atoms with Gasteiger partial charge in [-0.1, -0.05) is 50.3 Å². The van der Waals surface area contributed by atoms with E-state index >= 15 is 0 Å². The van der Waals surface area contributed by atoms with E-state index in [2.05, 4.69) is 13.8 Å². The number of carboxylic acid groups (broad SMARTS) is 1. The number of nitrogens with zero attached hydrogens (tertiary/aromatic N) is 1. The molecule has 0 unspecified atom stereocenters. The standard InChI is InChI=1S/C18H17NO4/c1-12(2)14-6-3-13(4-7-14)5-8-15-9-10-16(19(22)23)11-17(15)18(20)21/h3-12H,1-2H3,(H,20,21)/b8-5+. The molecule has 0 saturated carbocycles. The van der Waals surface area contributed by atoms with Gasteiger partial charge in [0.1, 0.15) is 0 Å². The zero-order valence-electron chi connectivity index (χ0n) is 12.9. The highest BCUT2D eigenvalue weighted by Crippen LogP contribution is 2.21. The van der Waals surface area contributed by atoms with Crippen molar-refractivity contribution in [1.29, 1.82) is 0 Å². The summed E-state index contributed by atoms with van der Waals surface area (Å²) in [5.74, 6) is -0.746. The third kappa shape index (κ3) is 4.03. The summed E-state index contributed by atoms with van der Waals surface area (Å²) >= 11 is 0. The first-order chi connectivity index (χ1) is 10.9. The Labute approximate surface area is 134 Å². The van der Waals surface area contributed by atoms with Crippen LogP contribution in [-0.2, 0) is 0 Å². The maximum absolute atomic E-state index is 11.3. The van der Waals surface area contributed by atoms with Crippen molar-refractivity contribution < 1.29 is 14.8 Å². The lowest BCUT2D eigenvalue weighted by Gasteiger charge is -2.05. The Kier molecular flexibility index (Phi) is 4.91. The van der Waals surface area contributed by atoms with Gasteiger partial charge in [0.2, 0.25) is 0 Å². The Balaban J connectivity index is 2.31. The first kappa shape index (κ1) is 16.4. The molecular weight excluding hydrogens is 294 g/mol. The lowest BCUT2D eigenvalue weighted by molar-refractivity contribution is -0.384. The van der Waals surface area contributed by atoms with Crippen molar-refractivity contribution in [1.82, 2.24) is 0 Å². The molecule has 0 aliphatic heterocycles. The number of aromatic carboxylic acids is 1. The first-order valence-corrected chi connectivity index (χ1v) is 7.18. The molecule has 5 heteroatoms. The maximum atomic E-state index is 11.3. The lowest BCUT2D eigenvalue weighted by Crippen LogP contribution is -2.01. The number of nitro benzene ring substituents is 1. The summed E-state index contributed by atoms with van der Waals surface area (Å²) in [6, 6.07) is 11.8. The SMILES string of the molecule is CC(C)c1ccc(/C=C/c2ccc([N+](=O)[O-])cc2C(=O)O)cc1. The molecule has 2 rings (SSSR count). The van der Waals surface area contributed by atoms with Gasteiger partial charge in [0.05, 0.1) is 10.5 Å².